The van der Waals surface area contributed by atoms with Crippen LogP contribution < -0.4 is 14.8 Å². The molecule has 148 valence electrons. The first kappa shape index (κ1) is 19.5. The number of carbonyl (C=O) groups excluding carboxylic acids is 1. The third kappa shape index (κ3) is 3.88. The minimum Gasteiger partial charge on any atom is -0.493 e. The number of hydrogen-bond donors (Lipinski definition) is 1. The van der Waals surface area contributed by atoms with E-state index in [1.807, 2.05) is 0 Å². The molecule has 3 aromatic rings. The summed E-state index contributed by atoms with van der Waals surface area (Å²) in [6.07, 6.45) is 2.45. The maximum Gasteiger partial charge on any atom is 0.387 e. The Morgan fingerprint density at radius 1 is 1.21 bits per heavy atom. The number of sulfone groups is 1. The van der Waals surface area contributed by atoms with E-state index in [1.165, 1.54) is 42.0 Å². The normalized spacial score (nSPS) is 11.6. The second-order valence-electron chi connectivity index (χ2n) is 5.67. The standard InChI is InChI=1S/C17H15F2N3O5S/c1-26-12-7-6-10(9-13(12)27-16(18)19)20-15(23)14-11-5-3-4-8-22(11)17(21-14)28(2,24)25/h3-9,16H,1-2H3,(H,20,23). The van der Waals surface area contributed by atoms with Gasteiger partial charge in [-0.2, -0.15) is 8.78 Å². The highest BCUT2D eigenvalue weighted by atomic mass is 32.2. The molecule has 2 aromatic heterocycles. The van der Waals surface area contributed by atoms with Crippen LogP contribution in [0.2, 0.25) is 0 Å². The third-order valence-corrected chi connectivity index (χ3v) is 4.65. The summed E-state index contributed by atoms with van der Waals surface area (Å²) in [4.78, 5) is 16.6. The molecule has 2 heterocycles. The lowest BCUT2D eigenvalue weighted by Gasteiger charge is -2.12. The van der Waals surface area contributed by atoms with Crippen LogP contribution in [0.1, 0.15) is 10.5 Å². The molecule has 28 heavy (non-hydrogen) atoms. The molecule has 8 nitrogen and oxygen atoms in total. The molecule has 0 atom stereocenters. The average Bonchev–Trinajstić information content (AvgIpc) is 3.01. The molecule has 0 unspecified atom stereocenters. The Bertz CT molecular complexity index is 1140. The van der Waals surface area contributed by atoms with E-state index in [0.29, 0.717) is 0 Å². The summed E-state index contributed by atoms with van der Waals surface area (Å²) in [5.74, 6) is -0.918. The number of ether oxygens (including phenoxy) is 2. The van der Waals surface area contributed by atoms with Crippen molar-refractivity contribution < 1.29 is 31.5 Å². The van der Waals surface area contributed by atoms with Gasteiger partial charge in [0.25, 0.3) is 5.91 Å². The van der Waals surface area contributed by atoms with E-state index >= 15 is 0 Å². The molecule has 11 heteroatoms. The molecule has 1 N–H and O–H groups in total. The van der Waals surface area contributed by atoms with E-state index in [9.17, 15) is 22.0 Å². The fourth-order valence-electron chi connectivity index (χ4n) is 2.57. The van der Waals surface area contributed by atoms with Crippen LogP contribution in [0.4, 0.5) is 14.5 Å². The molecule has 0 fully saturated rings. The molecule has 0 aliphatic carbocycles. The lowest BCUT2D eigenvalue weighted by atomic mass is 10.2. The first-order valence-electron chi connectivity index (χ1n) is 7.82. The van der Waals surface area contributed by atoms with Crippen molar-refractivity contribution in [3.05, 3.63) is 48.3 Å². The Hall–Kier alpha value is -3.21. The number of amides is 1. The molecule has 0 bridgehead atoms. The quantitative estimate of drug-likeness (QED) is 0.670. The van der Waals surface area contributed by atoms with Gasteiger partial charge in [0.2, 0.25) is 15.0 Å². The van der Waals surface area contributed by atoms with Crippen LogP contribution in [0.25, 0.3) is 5.52 Å². The minimum absolute atomic E-state index is 0.0603. The Kier molecular flexibility index (Phi) is 5.18. The number of halogens is 2. The third-order valence-electron chi connectivity index (χ3n) is 3.70. The summed E-state index contributed by atoms with van der Waals surface area (Å²) >= 11 is 0. The molecule has 0 aliphatic rings. The highest BCUT2D eigenvalue weighted by Crippen LogP contribution is 2.31. The van der Waals surface area contributed by atoms with E-state index in [0.717, 1.165) is 6.26 Å². The van der Waals surface area contributed by atoms with Gasteiger partial charge >= 0.3 is 6.61 Å². The number of anilines is 1. The maximum atomic E-state index is 12.7. The van der Waals surface area contributed by atoms with Crippen LogP contribution >= 0.6 is 0 Å². The smallest absolute Gasteiger partial charge is 0.387 e. The fraction of sp³-hybridized carbons (Fsp3) is 0.176. The van der Waals surface area contributed by atoms with Crippen LogP contribution in [0.5, 0.6) is 11.5 Å². The van der Waals surface area contributed by atoms with Gasteiger partial charge in [0.05, 0.1) is 12.6 Å². The zero-order valence-corrected chi connectivity index (χ0v) is 15.5. The zero-order chi connectivity index (χ0) is 20.5. The monoisotopic (exact) mass is 411 g/mol. The number of carbonyl (C=O) groups is 1. The van der Waals surface area contributed by atoms with Crippen molar-refractivity contribution in [3.8, 4) is 11.5 Å². The van der Waals surface area contributed by atoms with Gasteiger partial charge in [0, 0.05) is 24.2 Å². The Morgan fingerprint density at radius 2 is 1.96 bits per heavy atom. The second-order valence-corrected chi connectivity index (χ2v) is 7.58. The Morgan fingerprint density at radius 3 is 2.61 bits per heavy atom. The van der Waals surface area contributed by atoms with Gasteiger partial charge in [-0.25, -0.2) is 13.4 Å². The predicted octanol–water partition coefficient (Wildman–Crippen LogP) is 2.60. The molecule has 0 radical (unpaired) electrons. The minimum atomic E-state index is -3.69. The van der Waals surface area contributed by atoms with E-state index in [2.05, 4.69) is 15.0 Å². The summed E-state index contributed by atoms with van der Waals surface area (Å²) in [7, 11) is -2.40. The molecule has 0 aliphatic heterocycles. The highest BCUT2D eigenvalue weighted by molar-refractivity contribution is 7.90. The topological polar surface area (TPSA) is 99.0 Å². The summed E-state index contributed by atoms with van der Waals surface area (Å²) in [6, 6.07) is 8.70. The van der Waals surface area contributed by atoms with Crippen molar-refractivity contribution in [1.82, 2.24) is 9.38 Å². The average molecular weight is 411 g/mol. The van der Waals surface area contributed by atoms with Crippen molar-refractivity contribution in [1.29, 1.82) is 0 Å². The Labute approximate surface area is 158 Å². The van der Waals surface area contributed by atoms with Crippen LogP contribution in [-0.4, -0.2) is 43.7 Å². The van der Waals surface area contributed by atoms with Gasteiger partial charge in [-0.15, -0.1) is 0 Å². The molecule has 0 spiro atoms. The second kappa shape index (κ2) is 7.43. The van der Waals surface area contributed by atoms with Gasteiger partial charge in [0.1, 0.15) is 0 Å². The Balaban J connectivity index is 1.98. The number of hydrogen-bond acceptors (Lipinski definition) is 6. The van der Waals surface area contributed by atoms with Crippen LogP contribution in [-0.2, 0) is 9.84 Å². The van der Waals surface area contributed by atoms with Crippen LogP contribution in [0.15, 0.2) is 47.8 Å². The number of methoxy groups -OCH3 is 1. The molecule has 3 rings (SSSR count). The van der Waals surface area contributed by atoms with Crippen molar-refractivity contribution in [2.24, 2.45) is 0 Å². The SMILES string of the molecule is COc1ccc(NC(=O)c2nc(S(C)(=O)=O)n3ccccc23)cc1OC(F)F. The fourth-order valence-corrected chi connectivity index (χ4v) is 3.34. The van der Waals surface area contributed by atoms with Crippen LogP contribution in [0, 0.1) is 0 Å². The van der Waals surface area contributed by atoms with Crippen molar-refractivity contribution in [3.63, 3.8) is 0 Å². The number of fused-ring (bicyclic) bond motifs is 1. The van der Waals surface area contributed by atoms with Gasteiger partial charge in [0.15, 0.2) is 17.2 Å². The first-order chi connectivity index (χ1) is 13.2. The summed E-state index contributed by atoms with van der Waals surface area (Å²) < 4.78 is 59.6. The van der Waals surface area contributed by atoms with E-state index in [1.54, 1.807) is 12.1 Å². The number of rotatable bonds is 6. The summed E-state index contributed by atoms with van der Waals surface area (Å²) in [5, 5.41) is 2.20. The van der Waals surface area contributed by atoms with Gasteiger partial charge in [-0.1, -0.05) is 6.07 Å². The van der Waals surface area contributed by atoms with Crippen molar-refractivity contribution in [2.75, 3.05) is 18.7 Å². The van der Waals surface area contributed by atoms with E-state index < -0.39 is 22.4 Å². The molecule has 0 saturated heterocycles. The van der Waals surface area contributed by atoms with Crippen molar-refractivity contribution >= 4 is 26.9 Å². The largest absolute Gasteiger partial charge is 0.493 e. The molecule has 1 amide bonds. The molecule has 1 aromatic carbocycles. The van der Waals surface area contributed by atoms with Crippen molar-refractivity contribution in [2.45, 2.75) is 11.8 Å². The zero-order valence-electron chi connectivity index (χ0n) is 14.7. The predicted molar refractivity (Wildman–Crippen MR) is 95.9 cm³/mol. The number of imidazole rings is 1. The van der Waals surface area contributed by atoms with Gasteiger partial charge in [-0.05, 0) is 24.3 Å². The van der Waals surface area contributed by atoms with E-state index in [4.69, 9.17) is 4.74 Å². The molecule has 0 saturated carbocycles. The van der Waals surface area contributed by atoms with E-state index in [-0.39, 0.29) is 33.6 Å². The van der Waals surface area contributed by atoms with Gasteiger partial charge in [-0.3, -0.25) is 9.20 Å². The lowest BCUT2D eigenvalue weighted by molar-refractivity contribution is -0.0511. The number of nitrogens with zero attached hydrogens (tertiary/aromatic N) is 2. The summed E-state index contributed by atoms with van der Waals surface area (Å²) in [6.45, 7) is -3.07. The molecular formula is C17H15F2N3O5S. The number of alkyl halides is 2. The van der Waals surface area contributed by atoms with Crippen LogP contribution in [0.3, 0.4) is 0 Å². The lowest BCUT2D eigenvalue weighted by Crippen LogP contribution is -2.13. The number of aromatic nitrogens is 2. The number of nitrogens with one attached hydrogen (secondary N) is 1. The summed E-state index contributed by atoms with van der Waals surface area (Å²) in [5.41, 5.74) is 0.283. The number of benzene rings is 1. The van der Waals surface area contributed by atoms with Gasteiger partial charge < -0.3 is 14.8 Å². The first-order valence-corrected chi connectivity index (χ1v) is 9.71. The number of pyridine rings is 1. The molecular weight excluding hydrogens is 396 g/mol. The highest BCUT2D eigenvalue weighted by Gasteiger charge is 2.23. The maximum absolute atomic E-state index is 12.7.